The van der Waals surface area contributed by atoms with Crippen LogP contribution in [-0.4, -0.2) is 100 Å². The zero-order chi connectivity index (χ0) is 42.6. The average molecular weight is 800 g/mol. The minimum atomic E-state index is -1.14. The molecule has 2 aromatic carbocycles. The van der Waals surface area contributed by atoms with Crippen molar-refractivity contribution in [2.45, 2.75) is 111 Å². The smallest absolute Gasteiger partial charge is 0.406 e. The largest absolute Gasteiger partial charge is 0.453 e. The number of ether oxygens (including phenoxy) is 1. The van der Waals surface area contributed by atoms with Crippen LogP contribution in [0.5, 0.6) is 0 Å². The third-order valence-corrected chi connectivity index (χ3v) is 10.7. The molecule has 1 aromatic heterocycles. The Morgan fingerprint density at radius 2 is 1.64 bits per heavy atom. The van der Waals surface area contributed by atoms with Gasteiger partial charge in [-0.1, -0.05) is 116 Å². The number of carbonyl (C=O) groups is 4. The molecule has 0 aliphatic carbocycles. The van der Waals surface area contributed by atoms with E-state index >= 15 is 0 Å². The van der Waals surface area contributed by atoms with Gasteiger partial charge in [0.05, 0.1) is 31.5 Å². The molecule has 13 nitrogen and oxygen atoms in total. The fourth-order valence-electron chi connectivity index (χ4n) is 7.17. The summed E-state index contributed by atoms with van der Waals surface area (Å²) in [6.07, 6.45) is -0.664. The molecule has 1 saturated heterocycles. The molecular weight excluding hydrogens is 735 g/mol. The topological polar surface area (TPSA) is 156 Å². The lowest BCUT2D eigenvalue weighted by Gasteiger charge is -2.35. The quantitative estimate of drug-likeness (QED) is 0.112. The molecular formula is C45H65N7O6. The SMILES string of the molecule is CCC(C)C(C(=O)NC(Cc1ccccc1)C(O)CN(Cc1ccc(C(C)(C)C)cc1)NC(=O)CC(C)(C)CNC(=O)OC)N1CCN(Cc2cccc(C)n2)C1=O. The van der Waals surface area contributed by atoms with Gasteiger partial charge in [0.25, 0.3) is 0 Å². The van der Waals surface area contributed by atoms with Gasteiger partial charge in [0.1, 0.15) is 6.04 Å². The van der Waals surface area contributed by atoms with Crippen molar-refractivity contribution in [3.05, 3.63) is 101 Å². The lowest BCUT2D eigenvalue weighted by atomic mass is 9.87. The second-order valence-corrected chi connectivity index (χ2v) is 17.4. The van der Waals surface area contributed by atoms with E-state index in [1.165, 1.54) is 12.7 Å². The van der Waals surface area contributed by atoms with Crippen molar-refractivity contribution in [2.75, 3.05) is 33.3 Å². The second-order valence-electron chi connectivity index (χ2n) is 17.4. The molecule has 58 heavy (non-hydrogen) atoms. The van der Waals surface area contributed by atoms with Crippen LogP contribution in [0.4, 0.5) is 9.59 Å². The van der Waals surface area contributed by atoms with Gasteiger partial charge in [-0.15, -0.1) is 0 Å². The Kier molecular flexibility index (Phi) is 16.2. The summed E-state index contributed by atoms with van der Waals surface area (Å²) in [7, 11) is 1.29. The maximum absolute atomic E-state index is 14.5. The second kappa shape index (κ2) is 20.6. The molecule has 5 amide bonds. The predicted molar refractivity (Wildman–Crippen MR) is 225 cm³/mol. The van der Waals surface area contributed by atoms with Gasteiger partial charge in [-0.2, -0.15) is 0 Å². The van der Waals surface area contributed by atoms with E-state index in [1.54, 1.807) is 14.8 Å². The van der Waals surface area contributed by atoms with E-state index < -0.39 is 29.7 Å². The molecule has 2 heterocycles. The maximum atomic E-state index is 14.5. The highest BCUT2D eigenvalue weighted by Crippen LogP contribution is 2.25. The predicted octanol–water partition coefficient (Wildman–Crippen LogP) is 5.73. The number of urea groups is 1. The number of carbonyl (C=O) groups excluding carboxylic acids is 4. The number of benzene rings is 2. The summed E-state index contributed by atoms with van der Waals surface area (Å²) in [5.41, 5.74) is 7.02. The number of nitrogens with zero attached hydrogens (tertiary/aromatic N) is 4. The maximum Gasteiger partial charge on any atom is 0.406 e. The number of nitrogens with one attached hydrogen (secondary N) is 3. The summed E-state index contributed by atoms with van der Waals surface area (Å²) >= 11 is 0. The van der Waals surface area contributed by atoms with Gasteiger partial charge in [-0.05, 0) is 58.9 Å². The van der Waals surface area contributed by atoms with E-state index in [9.17, 15) is 24.3 Å². The van der Waals surface area contributed by atoms with Gasteiger partial charge < -0.3 is 30.3 Å². The summed E-state index contributed by atoms with van der Waals surface area (Å²) in [6.45, 7) is 17.7. The zero-order valence-corrected chi connectivity index (χ0v) is 35.9. The third-order valence-electron chi connectivity index (χ3n) is 10.7. The van der Waals surface area contributed by atoms with Gasteiger partial charge in [-0.25, -0.2) is 14.6 Å². The van der Waals surface area contributed by atoms with E-state index in [1.807, 2.05) is 95.3 Å². The van der Waals surface area contributed by atoms with Crippen LogP contribution in [0.2, 0.25) is 0 Å². The first kappa shape index (κ1) is 45.7. The number of amides is 5. The number of methoxy groups -OCH3 is 1. The van der Waals surface area contributed by atoms with E-state index in [0.717, 1.165) is 22.5 Å². The molecule has 13 heteroatoms. The highest BCUT2D eigenvalue weighted by Gasteiger charge is 2.41. The molecule has 1 fully saturated rings. The van der Waals surface area contributed by atoms with Crippen LogP contribution in [0.3, 0.4) is 0 Å². The molecule has 0 saturated carbocycles. The standard InChI is InChI=1S/C45H65N7O6/c1-10-31(2)40(52-24-23-50(43(52)57)28-36-18-14-15-32(3)47-36)41(55)48-37(25-33-16-12-11-13-17-33)38(53)29-51(27-34-19-21-35(22-20-34)44(4,5)6)49-39(54)26-45(7,8)30-46-42(56)58-9/h11-22,31,37-38,40,53H,10,23-30H2,1-9H3,(H,46,56)(H,48,55)(H,49,54). The lowest BCUT2D eigenvalue weighted by molar-refractivity contribution is -0.131. The molecule has 0 bridgehead atoms. The Bertz CT molecular complexity index is 1810. The molecule has 4 N–H and O–H groups in total. The summed E-state index contributed by atoms with van der Waals surface area (Å²) in [5, 5.41) is 19.6. The first-order chi connectivity index (χ1) is 27.4. The van der Waals surface area contributed by atoms with Crippen molar-refractivity contribution >= 4 is 23.9 Å². The number of alkyl carbamates (subject to hydrolysis) is 1. The van der Waals surface area contributed by atoms with Gasteiger partial charge in [-0.3, -0.25) is 20.0 Å². The number of aromatic nitrogens is 1. The van der Waals surface area contributed by atoms with Crippen molar-refractivity contribution in [1.82, 2.24) is 35.9 Å². The molecule has 0 radical (unpaired) electrons. The number of hydrazine groups is 1. The van der Waals surface area contributed by atoms with Crippen molar-refractivity contribution < 1.29 is 29.0 Å². The average Bonchev–Trinajstić information content (AvgIpc) is 3.51. The van der Waals surface area contributed by atoms with Crippen LogP contribution in [0.1, 0.15) is 89.4 Å². The van der Waals surface area contributed by atoms with Crippen LogP contribution < -0.4 is 16.1 Å². The van der Waals surface area contributed by atoms with Crippen LogP contribution in [0.25, 0.3) is 0 Å². The molecule has 316 valence electrons. The molecule has 4 unspecified atom stereocenters. The number of aliphatic hydroxyl groups excluding tert-OH is 1. The van der Waals surface area contributed by atoms with Crippen molar-refractivity contribution in [1.29, 1.82) is 0 Å². The highest BCUT2D eigenvalue weighted by molar-refractivity contribution is 5.88. The summed E-state index contributed by atoms with van der Waals surface area (Å²) in [6, 6.07) is 21.8. The number of aliphatic hydroxyl groups is 1. The molecule has 1 aliphatic rings. The van der Waals surface area contributed by atoms with Gasteiger partial charge in [0.2, 0.25) is 11.8 Å². The number of hydrogen-bond donors (Lipinski definition) is 4. The Balaban J connectivity index is 1.58. The number of aryl methyl sites for hydroxylation is 1. The number of hydrogen-bond acceptors (Lipinski definition) is 8. The number of pyridine rings is 1. The molecule has 4 atom stereocenters. The first-order valence-electron chi connectivity index (χ1n) is 20.3. The number of rotatable bonds is 19. The minimum Gasteiger partial charge on any atom is -0.453 e. The molecule has 0 spiro atoms. The molecule has 4 rings (SSSR count). The summed E-state index contributed by atoms with van der Waals surface area (Å²) in [5.74, 6) is -0.806. The van der Waals surface area contributed by atoms with Gasteiger partial charge >= 0.3 is 12.1 Å². The van der Waals surface area contributed by atoms with E-state index in [-0.39, 0.29) is 55.2 Å². The normalized spacial score (nSPS) is 15.5. The lowest BCUT2D eigenvalue weighted by Crippen LogP contribution is -2.58. The van der Waals surface area contributed by atoms with E-state index in [4.69, 9.17) is 4.74 Å². The van der Waals surface area contributed by atoms with Crippen molar-refractivity contribution in [2.24, 2.45) is 11.3 Å². The van der Waals surface area contributed by atoms with Crippen LogP contribution in [0, 0.1) is 18.3 Å². The molecule has 1 aliphatic heterocycles. The Hall–Kier alpha value is -5.01. The Labute approximate surface area is 344 Å². The van der Waals surface area contributed by atoms with E-state index in [2.05, 4.69) is 53.9 Å². The van der Waals surface area contributed by atoms with Crippen molar-refractivity contribution in [3.8, 4) is 0 Å². The van der Waals surface area contributed by atoms with Gasteiger partial charge in [0, 0.05) is 44.8 Å². The fraction of sp³-hybridized carbons (Fsp3) is 0.533. The Morgan fingerprint density at radius 1 is 0.948 bits per heavy atom. The highest BCUT2D eigenvalue weighted by atomic mass is 16.5. The van der Waals surface area contributed by atoms with Crippen LogP contribution >= 0.6 is 0 Å². The van der Waals surface area contributed by atoms with Crippen molar-refractivity contribution in [3.63, 3.8) is 0 Å². The van der Waals surface area contributed by atoms with Crippen LogP contribution in [-0.2, 0) is 39.3 Å². The summed E-state index contributed by atoms with van der Waals surface area (Å²) in [4.78, 5) is 61.7. The fourth-order valence-corrected chi connectivity index (χ4v) is 7.17. The summed E-state index contributed by atoms with van der Waals surface area (Å²) < 4.78 is 4.70. The Morgan fingerprint density at radius 3 is 2.26 bits per heavy atom. The zero-order valence-electron chi connectivity index (χ0n) is 35.9. The molecule has 3 aromatic rings. The first-order valence-corrected chi connectivity index (χ1v) is 20.3. The van der Waals surface area contributed by atoms with E-state index in [0.29, 0.717) is 32.5 Å². The minimum absolute atomic E-state index is 0.0146. The van der Waals surface area contributed by atoms with Crippen LogP contribution in [0.15, 0.2) is 72.8 Å². The third kappa shape index (κ3) is 13.5. The monoisotopic (exact) mass is 799 g/mol. The van der Waals surface area contributed by atoms with Gasteiger partial charge in [0.15, 0.2) is 0 Å².